The van der Waals surface area contributed by atoms with Crippen LogP contribution in [0.15, 0.2) is 21.9 Å². The lowest BCUT2D eigenvalue weighted by Gasteiger charge is -2.28. The molecule has 1 fully saturated rings. The fraction of sp³-hybridized carbons (Fsp3) is 0.467. The van der Waals surface area contributed by atoms with Crippen molar-refractivity contribution in [3.63, 3.8) is 0 Å². The molecule has 3 N–H and O–H groups in total. The minimum absolute atomic E-state index is 0.145. The van der Waals surface area contributed by atoms with E-state index in [0.717, 1.165) is 36.5 Å². The maximum atomic E-state index is 12.4. The van der Waals surface area contributed by atoms with Gasteiger partial charge in [-0.1, -0.05) is 12.8 Å². The summed E-state index contributed by atoms with van der Waals surface area (Å²) in [6.07, 6.45) is 4.13. The monoisotopic (exact) mass is 305 g/mol. The first-order valence-corrected chi connectivity index (χ1v) is 8.05. The van der Waals surface area contributed by atoms with Crippen molar-refractivity contribution >= 4 is 17.2 Å². The van der Waals surface area contributed by atoms with Crippen LogP contribution in [-0.4, -0.2) is 23.0 Å². The van der Waals surface area contributed by atoms with Gasteiger partial charge in [-0.05, 0) is 31.9 Å². The Morgan fingerprint density at radius 2 is 2.24 bits per heavy atom. The highest BCUT2D eigenvalue weighted by Crippen LogP contribution is 2.30. The molecular formula is C15H19N3O2S. The van der Waals surface area contributed by atoms with E-state index in [2.05, 4.69) is 10.3 Å². The molecule has 0 aliphatic heterocycles. The van der Waals surface area contributed by atoms with Crippen LogP contribution < -0.4 is 11.1 Å². The van der Waals surface area contributed by atoms with E-state index < -0.39 is 0 Å². The van der Waals surface area contributed by atoms with Gasteiger partial charge in [0.2, 0.25) is 0 Å². The van der Waals surface area contributed by atoms with Gasteiger partial charge in [-0.15, -0.1) is 11.3 Å². The second-order valence-corrected chi connectivity index (χ2v) is 6.45. The van der Waals surface area contributed by atoms with E-state index in [1.165, 1.54) is 11.3 Å². The van der Waals surface area contributed by atoms with Crippen molar-refractivity contribution in [1.82, 2.24) is 10.3 Å². The van der Waals surface area contributed by atoms with Crippen LogP contribution in [0.4, 0.5) is 0 Å². The average Bonchev–Trinajstić information content (AvgIpc) is 3.18. The Morgan fingerprint density at radius 3 is 2.86 bits per heavy atom. The fourth-order valence-corrected chi connectivity index (χ4v) is 3.54. The molecule has 6 heteroatoms. The lowest BCUT2D eigenvalue weighted by atomic mass is 9.98. The first kappa shape index (κ1) is 14.3. The molecule has 0 spiro atoms. The number of carbonyl (C=O) groups is 1. The normalized spacial score (nSPS) is 17.0. The number of nitrogens with zero attached hydrogens (tertiary/aromatic N) is 1. The second-order valence-electron chi connectivity index (χ2n) is 5.59. The topological polar surface area (TPSA) is 81.2 Å². The van der Waals surface area contributed by atoms with E-state index in [1.807, 2.05) is 19.1 Å². The highest BCUT2D eigenvalue weighted by atomic mass is 32.1. The van der Waals surface area contributed by atoms with E-state index >= 15 is 0 Å². The highest BCUT2D eigenvalue weighted by Gasteiger charge is 2.34. The van der Waals surface area contributed by atoms with Crippen molar-refractivity contribution in [3.05, 3.63) is 29.0 Å². The molecule has 1 aliphatic carbocycles. The molecule has 2 aromatic heterocycles. The summed E-state index contributed by atoms with van der Waals surface area (Å²) in [7, 11) is 0. The third-order valence-electron chi connectivity index (χ3n) is 4.02. The van der Waals surface area contributed by atoms with Crippen LogP contribution in [0, 0.1) is 6.92 Å². The molecule has 0 saturated heterocycles. The number of furan rings is 1. The predicted molar refractivity (Wildman–Crippen MR) is 82.3 cm³/mol. The lowest BCUT2D eigenvalue weighted by Crippen LogP contribution is -2.51. The molecule has 5 nitrogen and oxygen atoms in total. The first-order valence-electron chi connectivity index (χ1n) is 7.17. The summed E-state index contributed by atoms with van der Waals surface area (Å²) in [4.78, 5) is 16.7. The van der Waals surface area contributed by atoms with E-state index in [4.69, 9.17) is 10.2 Å². The number of hydrogen-bond acceptors (Lipinski definition) is 5. The van der Waals surface area contributed by atoms with Gasteiger partial charge >= 0.3 is 0 Å². The van der Waals surface area contributed by atoms with Crippen molar-refractivity contribution in [1.29, 1.82) is 0 Å². The third-order valence-corrected chi connectivity index (χ3v) is 4.87. The van der Waals surface area contributed by atoms with Crippen molar-refractivity contribution < 1.29 is 9.21 Å². The zero-order chi connectivity index (χ0) is 14.9. The number of amides is 1. The summed E-state index contributed by atoms with van der Waals surface area (Å²) in [6, 6.07) is 3.76. The van der Waals surface area contributed by atoms with Crippen LogP contribution in [0.25, 0.3) is 10.8 Å². The molecular weight excluding hydrogens is 286 g/mol. The second kappa shape index (κ2) is 5.61. The summed E-state index contributed by atoms with van der Waals surface area (Å²) in [5.74, 6) is 1.39. The smallest absolute Gasteiger partial charge is 0.271 e. The van der Waals surface area contributed by atoms with Crippen molar-refractivity contribution in [3.8, 4) is 10.8 Å². The van der Waals surface area contributed by atoms with Crippen LogP contribution in [-0.2, 0) is 0 Å². The van der Waals surface area contributed by atoms with Gasteiger partial charge in [0.25, 0.3) is 5.91 Å². The molecule has 21 heavy (non-hydrogen) atoms. The Labute approximate surface area is 127 Å². The van der Waals surface area contributed by atoms with Crippen LogP contribution >= 0.6 is 11.3 Å². The van der Waals surface area contributed by atoms with Crippen LogP contribution in [0.1, 0.15) is 41.9 Å². The Hall–Kier alpha value is -1.66. The van der Waals surface area contributed by atoms with E-state index in [9.17, 15) is 4.79 Å². The van der Waals surface area contributed by atoms with Gasteiger partial charge in [0.15, 0.2) is 10.8 Å². The van der Waals surface area contributed by atoms with Crippen LogP contribution in [0.3, 0.4) is 0 Å². The molecule has 0 bridgehead atoms. The lowest BCUT2D eigenvalue weighted by molar-refractivity contribution is 0.0898. The molecule has 2 heterocycles. The molecule has 112 valence electrons. The number of rotatable bonds is 4. The molecule has 0 atom stereocenters. The van der Waals surface area contributed by atoms with Gasteiger partial charge in [0.1, 0.15) is 11.5 Å². The minimum atomic E-state index is -0.248. The molecule has 0 aromatic carbocycles. The highest BCUT2D eigenvalue weighted by molar-refractivity contribution is 7.13. The quantitative estimate of drug-likeness (QED) is 0.910. The van der Waals surface area contributed by atoms with Gasteiger partial charge in [-0.25, -0.2) is 4.98 Å². The SMILES string of the molecule is Cc1ccc(-c2nc(C(=O)NC3(CN)CCCC3)cs2)o1. The van der Waals surface area contributed by atoms with E-state index in [1.54, 1.807) is 5.38 Å². The summed E-state index contributed by atoms with van der Waals surface area (Å²) in [6.45, 7) is 2.36. The predicted octanol–water partition coefficient (Wildman–Crippen LogP) is 2.71. The van der Waals surface area contributed by atoms with E-state index in [-0.39, 0.29) is 11.4 Å². The number of hydrogen-bond donors (Lipinski definition) is 2. The van der Waals surface area contributed by atoms with Crippen LogP contribution in [0.5, 0.6) is 0 Å². The Balaban J connectivity index is 1.75. The molecule has 0 unspecified atom stereocenters. The minimum Gasteiger partial charge on any atom is -0.459 e. The summed E-state index contributed by atoms with van der Waals surface area (Å²) >= 11 is 1.41. The molecule has 3 rings (SSSR count). The molecule has 1 amide bonds. The molecule has 1 saturated carbocycles. The maximum Gasteiger partial charge on any atom is 0.271 e. The van der Waals surface area contributed by atoms with Crippen LogP contribution in [0.2, 0.25) is 0 Å². The van der Waals surface area contributed by atoms with Crippen molar-refractivity contribution in [2.75, 3.05) is 6.54 Å². The number of carbonyl (C=O) groups excluding carboxylic acids is 1. The first-order chi connectivity index (χ1) is 10.1. The molecule has 1 aliphatic rings. The summed E-state index contributed by atoms with van der Waals surface area (Å²) < 4.78 is 5.53. The van der Waals surface area contributed by atoms with Gasteiger partial charge in [-0.2, -0.15) is 0 Å². The van der Waals surface area contributed by atoms with Gasteiger partial charge < -0.3 is 15.5 Å². The fourth-order valence-electron chi connectivity index (χ4n) is 2.78. The summed E-state index contributed by atoms with van der Waals surface area (Å²) in [5, 5.41) is 5.57. The van der Waals surface area contributed by atoms with E-state index in [0.29, 0.717) is 18.0 Å². The zero-order valence-corrected chi connectivity index (χ0v) is 12.8. The zero-order valence-electron chi connectivity index (χ0n) is 12.0. The largest absolute Gasteiger partial charge is 0.459 e. The van der Waals surface area contributed by atoms with Crippen molar-refractivity contribution in [2.24, 2.45) is 5.73 Å². The number of thiazole rings is 1. The number of aryl methyl sites for hydroxylation is 1. The number of aromatic nitrogens is 1. The molecule has 2 aromatic rings. The third kappa shape index (κ3) is 2.87. The number of nitrogens with two attached hydrogens (primary N) is 1. The Morgan fingerprint density at radius 1 is 1.48 bits per heavy atom. The average molecular weight is 305 g/mol. The Bertz CT molecular complexity index is 641. The van der Waals surface area contributed by atoms with Gasteiger partial charge in [0.05, 0.1) is 5.54 Å². The standard InChI is InChI=1S/C15H19N3O2S/c1-10-4-5-12(20-10)14-17-11(8-21-14)13(19)18-15(9-16)6-2-3-7-15/h4-5,8H,2-3,6-7,9,16H2,1H3,(H,18,19). The molecule has 0 radical (unpaired) electrons. The maximum absolute atomic E-state index is 12.4. The van der Waals surface area contributed by atoms with Gasteiger partial charge in [0, 0.05) is 11.9 Å². The Kier molecular flexibility index (Phi) is 3.82. The summed E-state index contributed by atoms with van der Waals surface area (Å²) in [5.41, 5.74) is 6.03. The van der Waals surface area contributed by atoms with Gasteiger partial charge in [-0.3, -0.25) is 4.79 Å². The van der Waals surface area contributed by atoms with Crippen molar-refractivity contribution in [2.45, 2.75) is 38.1 Å². The number of nitrogens with one attached hydrogen (secondary N) is 1.